The number of nitrogens with two attached hydrogens (primary N) is 2. The zero-order valence-corrected chi connectivity index (χ0v) is 16.9. The molecule has 0 radical (unpaired) electrons. The Morgan fingerprint density at radius 2 is 0.724 bits per heavy atom. The molecule has 4 rings (SSSR count). The minimum atomic E-state index is 0.180. The van der Waals surface area contributed by atoms with Gasteiger partial charge in [0.05, 0.1) is 10.5 Å². The number of hydrogen-bond acceptors (Lipinski definition) is 3. The van der Waals surface area contributed by atoms with Crippen molar-refractivity contribution in [3.63, 3.8) is 0 Å². The number of benzene rings is 4. The molecule has 0 aliphatic carbocycles. The molecule has 0 saturated heterocycles. The molecule has 0 saturated carbocycles. The first-order valence-corrected chi connectivity index (χ1v) is 10.6. The summed E-state index contributed by atoms with van der Waals surface area (Å²) in [6.45, 7) is 0. The van der Waals surface area contributed by atoms with Crippen molar-refractivity contribution in [1.82, 2.24) is 0 Å². The Hall–Kier alpha value is -3.17. The molecule has 2 unspecified atom stereocenters. The molecule has 0 aliphatic rings. The average molecular weight is 397 g/mol. The van der Waals surface area contributed by atoms with E-state index in [1.807, 2.05) is 36.0 Å². The first-order chi connectivity index (χ1) is 14.2. The molecule has 4 aromatic rings. The zero-order chi connectivity index (χ0) is 20.1. The van der Waals surface area contributed by atoms with Crippen LogP contribution in [0.3, 0.4) is 0 Å². The molecule has 0 heterocycles. The van der Waals surface area contributed by atoms with Crippen LogP contribution >= 0.6 is 11.8 Å². The molecule has 29 heavy (non-hydrogen) atoms. The molecule has 3 heteroatoms. The van der Waals surface area contributed by atoms with Crippen molar-refractivity contribution >= 4 is 23.1 Å². The van der Waals surface area contributed by atoms with E-state index in [1.54, 1.807) is 0 Å². The van der Waals surface area contributed by atoms with Crippen LogP contribution in [0.5, 0.6) is 0 Å². The first kappa shape index (κ1) is 19.2. The highest BCUT2D eigenvalue weighted by molar-refractivity contribution is 8.00. The van der Waals surface area contributed by atoms with Crippen molar-refractivity contribution in [1.29, 1.82) is 0 Å². The summed E-state index contributed by atoms with van der Waals surface area (Å²) < 4.78 is 0. The van der Waals surface area contributed by atoms with Crippen molar-refractivity contribution < 1.29 is 0 Å². The van der Waals surface area contributed by atoms with Gasteiger partial charge in [-0.15, -0.1) is 11.8 Å². The van der Waals surface area contributed by atoms with Gasteiger partial charge < -0.3 is 11.5 Å². The van der Waals surface area contributed by atoms with E-state index >= 15 is 0 Å². The molecule has 4 N–H and O–H groups in total. The van der Waals surface area contributed by atoms with E-state index in [2.05, 4.69) is 84.9 Å². The summed E-state index contributed by atoms with van der Waals surface area (Å²) in [5.41, 5.74) is 18.5. The third-order valence-electron chi connectivity index (χ3n) is 4.96. The second-order valence-corrected chi connectivity index (χ2v) is 8.27. The van der Waals surface area contributed by atoms with Crippen LogP contribution < -0.4 is 11.5 Å². The van der Waals surface area contributed by atoms with Gasteiger partial charge in [-0.1, -0.05) is 84.9 Å². The Bertz CT molecular complexity index is 943. The first-order valence-electron chi connectivity index (χ1n) is 9.67. The quantitative estimate of drug-likeness (QED) is 0.368. The smallest absolute Gasteiger partial charge is 0.0556 e. The van der Waals surface area contributed by atoms with Crippen LogP contribution in [0.15, 0.2) is 109 Å². The van der Waals surface area contributed by atoms with E-state index in [-0.39, 0.29) is 10.5 Å². The van der Waals surface area contributed by atoms with Gasteiger partial charge in [0.1, 0.15) is 0 Å². The van der Waals surface area contributed by atoms with E-state index in [0.29, 0.717) is 0 Å². The Labute approximate surface area is 176 Å². The normalized spacial score (nSPS) is 13.0. The molecule has 0 bridgehead atoms. The van der Waals surface area contributed by atoms with Gasteiger partial charge in [-0.05, 0) is 46.5 Å². The predicted molar refractivity (Wildman–Crippen MR) is 126 cm³/mol. The van der Waals surface area contributed by atoms with Gasteiger partial charge >= 0.3 is 0 Å². The highest BCUT2D eigenvalue weighted by Gasteiger charge is 2.23. The Balaban J connectivity index is 1.77. The van der Waals surface area contributed by atoms with Gasteiger partial charge in [0.15, 0.2) is 0 Å². The third-order valence-corrected chi connectivity index (χ3v) is 6.59. The van der Waals surface area contributed by atoms with Crippen LogP contribution in [0.25, 0.3) is 0 Å². The van der Waals surface area contributed by atoms with Crippen molar-refractivity contribution in [2.75, 3.05) is 11.5 Å². The van der Waals surface area contributed by atoms with Gasteiger partial charge in [-0.3, -0.25) is 0 Å². The predicted octanol–water partition coefficient (Wildman–Crippen LogP) is 6.46. The van der Waals surface area contributed by atoms with Gasteiger partial charge in [0, 0.05) is 11.4 Å². The Morgan fingerprint density at radius 3 is 1.07 bits per heavy atom. The summed E-state index contributed by atoms with van der Waals surface area (Å²) in [5, 5.41) is 0.360. The second-order valence-electron chi connectivity index (χ2n) is 7.05. The molecule has 0 aliphatic heterocycles. The van der Waals surface area contributed by atoms with Gasteiger partial charge in [0.2, 0.25) is 0 Å². The Kier molecular flexibility index (Phi) is 5.87. The largest absolute Gasteiger partial charge is 0.399 e. The van der Waals surface area contributed by atoms with Crippen molar-refractivity contribution in [3.8, 4) is 0 Å². The summed E-state index contributed by atoms with van der Waals surface area (Å²) >= 11 is 1.93. The van der Waals surface area contributed by atoms with Crippen LogP contribution in [0.4, 0.5) is 11.4 Å². The molecular formula is C26H24N2S. The van der Waals surface area contributed by atoms with E-state index in [9.17, 15) is 0 Å². The number of nitrogen functional groups attached to an aromatic ring is 2. The van der Waals surface area contributed by atoms with E-state index in [0.717, 1.165) is 11.4 Å². The minimum Gasteiger partial charge on any atom is -0.399 e. The molecule has 4 aromatic carbocycles. The fourth-order valence-corrected chi connectivity index (χ4v) is 4.96. The monoisotopic (exact) mass is 396 g/mol. The highest BCUT2D eigenvalue weighted by Crippen LogP contribution is 2.47. The maximum Gasteiger partial charge on any atom is 0.0556 e. The van der Waals surface area contributed by atoms with Crippen molar-refractivity contribution in [2.24, 2.45) is 0 Å². The lowest BCUT2D eigenvalue weighted by Gasteiger charge is -2.25. The van der Waals surface area contributed by atoms with Gasteiger partial charge in [-0.25, -0.2) is 0 Å². The lowest BCUT2D eigenvalue weighted by atomic mass is 10.0. The maximum absolute atomic E-state index is 5.94. The third kappa shape index (κ3) is 4.64. The number of rotatable bonds is 6. The summed E-state index contributed by atoms with van der Waals surface area (Å²) in [5.74, 6) is 0. The molecule has 0 amide bonds. The number of hydrogen-bond donors (Lipinski definition) is 2. The molecular weight excluding hydrogens is 372 g/mol. The van der Waals surface area contributed by atoms with Gasteiger partial charge in [-0.2, -0.15) is 0 Å². The molecule has 0 fully saturated rings. The number of anilines is 2. The highest BCUT2D eigenvalue weighted by atomic mass is 32.2. The lowest BCUT2D eigenvalue weighted by Crippen LogP contribution is -2.04. The van der Waals surface area contributed by atoms with Crippen LogP contribution in [0, 0.1) is 0 Å². The van der Waals surface area contributed by atoms with Crippen molar-refractivity contribution in [3.05, 3.63) is 131 Å². The fraction of sp³-hybridized carbons (Fsp3) is 0.0769. The van der Waals surface area contributed by atoms with Crippen LogP contribution in [-0.4, -0.2) is 0 Å². The lowest BCUT2D eigenvalue weighted by molar-refractivity contribution is 1.10. The topological polar surface area (TPSA) is 52.0 Å². The van der Waals surface area contributed by atoms with Gasteiger partial charge in [0.25, 0.3) is 0 Å². The summed E-state index contributed by atoms with van der Waals surface area (Å²) in [4.78, 5) is 0. The Morgan fingerprint density at radius 1 is 0.414 bits per heavy atom. The molecule has 0 spiro atoms. The molecule has 0 aromatic heterocycles. The molecule has 2 atom stereocenters. The second kappa shape index (κ2) is 8.89. The zero-order valence-electron chi connectivity index (χ0n) is 16.1. The van der Waals surface area contributed by atoms with E-state index in [4.69, 9.17) is 11.5 Å². The minimum absolute atomic E-state index is 0.180. The summed E-state index contributed by atoms with van der Waals surface area (Å²) in [6.07, 6.45) is 0. The van der Waals surface area contributed by atoms with Crippen LogP contribution in [0.2, 0.25) is 0 Å². The fourth-order valence-electron chi connectivity index (χ4n) is 3.43. The SMILES string of the molecule is Nc1ccc(C(SC(c2ccccc2)c2ccc(N)cc2)c2ccccc2)cc1. The standard InChI is InChI=1S/C26H24N2S/c27-23-15-11-21(12-16-23)25(19-7-3-1-4-8-19)29-26(20-9-5-2-6-10-20)22-13-17-24(28)18-14-22/h1-18,25-26H,27-28H2. The van der Waals surface area contributed by atoms with Crippen LogP contribution in [0.1, 0.15) is 32.8 Å². The number of thioether (sulfide) groups is 1. The summed E-state index contributed by atoms with van der Waals surface area (Å²) in [6, 6.07) is 37.7. The summed E-state index contributed by atoms with van der Waals surface area (Å²) in [7, 11) is 0. The van der Waals surface area contributed by atoms with Crippen molar-refractivity contribution in [2.45, 2.75) is 10.5 Å². The van der Waals surface area contributed by atoms with E-state index < -0.39 is 0 Å². The van der Waals surface area contributed by atoms with Crippen LogP contribution in [-0.2, 0) is 0 Å². The maximum atomic E-state index is 5.94. The van der Waals surface area contributed by atoms with E-state index in [1.165, 1.54) is 22.3 Å². The molecule has 2 nitrogen and oxygen atoms in total. The average Bonchev–Trinajstić information content (AvgIpc) is 2.77. The molecule has 144 valence electrons.